The highest BCUT2D eigenvalue weighted by Gasteiger charge is 2.25. The predicted molar refractivity (Wildman–Crippen MR) is 85.6 cm³/mol. The van der Waals surface area contributed by atoms with Gasteiger partial charge in [0.05, 0.1) is 4.90 Å². The number of aryl methyl sites for hydroxylation is 2. The molecular weight excluding hydrogens is 301 g/mol. The molecule has 0 bridgehead atoms. The standard InChI is InChI=1S/C17H20FNO2S/c1-4-19(12-15-7-5-6-13(2)10-15)22(20,21)17-11-16(18)9-8-14(17)3/h5-11H,4,12H2,1-3H3. The fourth-order valence-corrected chi connectivity index (χ4v) is 4.05. The Morgan fingerprint density at radius 1 is 1.09 bits per heavy atom. The summed E-state index contributed by atoms with van der Waals surface area (Å²) in [5, 5.41) is 0. The second-order valence-corrected chi connectivity index (χ2v) is 7.24. The summed E-state index contributed by atoms with van der Waals surface area (Å²) < 4.78 is 40.4. The van der Waals surface area contributed by atoms with Crippen molar-refractivity contribution < 1.29 is 12.8 Å². The molecule has 0 unspecified atom stereocenters. The van der Waals surface area contributed by atoms with Crippen molar-refractivity contribution in [3.05, 3.63) is 65.0 Å². The van der Waals surface area contributed by atoms with E-state index in [4.69, 9.17) is 0 Å². The van der Waals surface area contributed by atoms with E-state index in [1.807, 2.05) is 31.2 Å². The first-order valence-corrected chi connectivity index (χ1v) is 8.60. The van der Waals surface area contributed by atoms with Gasteiger partial charge in [-0.25, -0.2) is 12.8 Å². The molecule has 118 valence electrons. The molecule has 0 aromatic heterocycles. The lowest BCUT2D eigenvalue weighted by Crippen LogP contribution is -2.31. The lowest BCUT2D eigenvalue weighted by atomic mass is 10.1. The van der Waals surface area contributed by atoms with Crippen molar-refractivity contribution >= 4 is 10.0 Å². The van der Waals surface area contributed by atoms with Gasteiger partial charge in [0.2, 0.25) is 10.0 Å². The van der Waals surface area contributed by atoms with Gasteiger partial charge in [-0.2, -0.15) is 4.31 Å². The third-order valence-corrected chi connectivity index (χ3v) is 5.62. The molecule has 2 aromatic rings. The monoisotopic (exact) mass is 321 g/mol. The van der Waals surface area contributed by atoms with E-state index in [1.54, 1.807) is 13.8 Å². The summed E-state index contributed by atoms with van der Waals surface area (Å²) in [6.45, 7) is 6.02. The van der Waals surface area contributed by atoms with Gasteiger partial charge < -0.3 is 0 Å². The number of halogens is 1. The van der Waals surface area contributed by atoms with Crippen LogP contribution in [-0.2, 0) is 16.6 Å². The van der Waals surface area contributed by atoms with Gasteiger partial charge in [-0.05, 0) is 37.1 Å². The van der Waals surface area contributed by atoms with Gasteiger partial charge in [0, 0.05) is 13.1 Å². The van der Waals surface area contributed by atoms with E-state index in [0.29, 0.717) is 12.1 Å². The van der Waals surface area contributed by atoms with E-state index in [0.717, 1.165) is 17.2 Å². The lowest BCUT2D eigenvalue weighted by Gasteiger charge is -2.22. The molecule has 0 aliphatic carbocycles. The van der Waals surface area contributed by atoms with Gasteiger partial charge in [-0.3, -0.25) is 0 Å². The molecule has 5 heteroatoms. The first-order valence-electron chi connectivity index (χ1n) is 7.16. The van der Waals surface area contributed by atoms with Gasteiger partial charge >= 0.3 is 0 Å². The quantitative estimate of drug-likeness (QED) is 0.843. The fraction of sp³-hybridized carbons (Fsp3) is 0.294. The molecule has 0 amide bonds. The molecule has 0 atom stereocenters. The Balaban J connectivity index is 2.39. The molecule has 0 saturated heterocycles. The van der Waals surface area contributed by atoms with E-state index < -0.39 is 15.8 Å². The summed E-state index contributed by atoms with van der Waals surface area (Å²) in [7, 11) is -3.72. The van der Waals surface area contributed by atoms with Crippen LogP contribution in [0.2, 0.25) is 0 Å². The van der Waals surface area contributed by atoms with Crippen molar-refractivity contribution in [3.63, 3.8) is 0 Å². The van der Waals surface area contributed by atoms with Crippen LogP contribution in [0.3, 0.4) is 0 Å². The molecule has 0 radical (unpaired) electrons. The molecule has 0 N–H and O–H groups in total. The summed E-state index contributed by atoms with van der Waals surface area (Å²) in [4.78, 5) is 0.0296. The van der Waals surface area contributed by atoms with Gasteiger partial charge in [0.1, 0.15) is 5.82 Å². The maximum Gasteiger partial charge on any atom is 0.243 e. The van der Waals surface area contributed by atoms with Crippen molar-refractivity contribution in [1.29, 1.82) is 0 Å². The first kappa shape index (κ1) is 16.6. The zero-order valence-electron chi connectivity index (χ0n) is 13.0. The molecule has 2 aromatic carbocycles. The molecular formula is C17H20FNO2S. The number of nitrogens with zero attached hydrogens (tertiary/aromatic N) is 1. The van der Waals surface area contributed by atoms with Crippen LogP contribution in [0.15, 0.2) is 47.4 Å². The van der Waals surface area contributed by atoms with Crippen LogP contribution in [0.25, 0.3) is 0 Å². The van der Waals surface area contributed by atoms with Crippen LogP contribution >= 0.6 is 0 Å². The van der Waals surface area contributed by atoms with Crippen molar-refractivity contribution in [1.82, 2.24) is 4.31 Å². The molecule has 0 aliphatic heterocycles. The van der Waals surface area contributed by atoms with E-state index in [9.17, 15) is 12.8 Å². The highest BCUT2D eigenvalue weighted by molar-refractivity contribution is 7.89. The maximum atomic E-state index is 13.4. The molecule has 2 rings (SSSR count). The van der Waals surface area contributed by atoms with E-state index in [-0.39, 0.29) is 11.4 Å². The van der Waals surface area contributed by atoms with Crippen LogP contribution in [-0.4, -0.2) is 19.3 Å². The molecule has 0 saturated carbocycles. The number of hydrogen-bond acceptors (Lipinski definition) is 2. The second-order valence-electron chi connectivity index (χ2n) is 5.33. The number of benzene rings is 2. The summed E-state index contributed by atoms with van der Waals surface area (Å²) in [6, 6.07) is 11.6. The maximum absolute atomic E-state index is 13.4. The Hall–Kier alpha value is -1.72. The highest BCUT2D eigenvalue weighted by Crippen LogP contribution is 2.22. The lowest BCUT2D eigenvalue weighted by molar-refractivity contribution is 0.422. The predicted octanol–water partition coefficient (Wildman–Crippen LogP) is 3.65. The van der Waals surface area contributed by atoms with Crippen LogP contribution in [0.4, 0.5) is 4.39 Å². The van der Waals surface area contributed by atoms with Crippen molar-refractivity contribution in [2.75, 3.05) is 6.54 Å². The van der Waals surface area contributed by atoms with E-state index >= 15 is 0 Å². The van der Waals surface area contributed by atoms with Crippen molar-refractivity contribution in [2.45, 2.75) is 32.2 Å². The Kier molecular flexibility index (Phi) is 4.98. The van der Waals surface area contributed by atoms with Gasteiger partial charge in [-0.1, -0.05) is 42.8 Å². The molecule has 0 aliphatic rings. The average molecular weight is 321 g/mol. The largest absolute Gasteiger partial charge is 0.243 e. The first-order chi connectivity index (χ1) is 10.3. The van der Waals surface area contributed by atoms with Gasteiger partial charge in [0.25, 0.3) is 0 Å². The Morgan fingerprint density at radius 2 is 1.82 bits per heavy atom. The third-order valence-electron chi connectivity index (χ3n) is 3.56. The summed E-state index contributed by atoms with van der Waals surface area (Å²) in [5.41, 5.74) is 2.54. The summed E-state index contributed by atoms with van der Waals surface area (Å²) in [5.74, 6) is -0.546. The number of hydrogen-bond donors (Lipinski definition) is 0. The minimum atomic E-state index is -3.72. The molecule has 0 fully saturated rings. The van der Waals surface area contributed by atoms with Crippen LogP contribution in [0, 0.1) is 19.7 Å². The topological polar surface area (TPSA) is 37.4 Å². The van der Waals surface area contributed by atoms with Gasteiger partial charge in [0.15, 0.2) is 0 Å². The van der Waals surface area contributed by atoms with Crippen LogP contribution in [0.1, 0.15) is 23.6 Å². The highest BCUT2D eigenvalue weighted by atomic mass is 32.2. The zero-order valence-corrected chi connectivity index (χ0v) is 13.8. The summed E-state index contributed by atoms with van der Waals surface area (Å²) >= 11 is 0. The third kappa shape index (κ3) is 3.54. The second kappa shape index (κ2) is 6.58. The average Bonchev–Trinajstić information content (AvgIpc) is 2.47. The summed E-state index contributed by atoms with van der Waals surface area (Å²) in [6.07, 6.45) is 0. The normalized spacial score (nSPS) is 11.9. The molecule has 0 heterocycles. The fourth-order valence-electron chi connectivity index (χ4n) is 2.37. The van der Waals surface area contributed by atoms with Gasteiger partial charge in [-0.15, -0.1) is 0 Å². The Bertz CT molecular complexity index is 772. The molecule has 0 spiro atoms. The molecule has 3 nitrogen and oxygen atoms in total. The smallest absolute Gasteiger partial charge is 0.207 e. The number of sulfonamides is 1. The van der Waals surface area contributed by atoms with E-state index in [2.05, 4.69) is 0 Å². The van der Waals surface area contributed by atoms with Crippen LogP contribution < -0.4 is 0 Å². The van der Waals surface area contributed by atoms with E-state index in [1.165, 1.54) is 16.4 Å². The van der Waals surface area contributed by atoms with Crippen molar-refractivity contribution in [2.24, 2.45) is 0 Å². The van der Waals surface area contributed by atoms with Crippen molar-refractivity contribution in [3.8, 4) is 0 Å². The minimum absolute atomic E-state index is 0.0296. The Labute approximate surface area is 131 Å². The minimum Gasteiger partial charge on any atom is -0.207 e. The molecule has 22 heavy (non-hydrogen) atoms. The van der Waals surface area contributed by atoms with Crippen LogP contribution in [0.5, 0.6) is 0 Å². The zero-order chi connectivity index (χ0) is 16.3. The number of rotatable bonds is 5. The Morgan fingerprint density at radius 3 is 2.45 bits per heavy atom. The SMILES string of the molecule is CCN(Cc1cccc(C)c1)S(=O)(=O)c1cc(F)ccc1C.